The molecular formula is C33H32NSSi+. The molecule has 0 fully saturated rings. The Hall–Kier alpha value is -3.27. The average molecular weight is 503 g/mol. The first-order chi connectivity index (χ1) is 17.2. The maximum Gasteiger partial charge on any atom is 0.214 e. The lowest BCUT2D eigenvalue weighted by Gasteiger charge is -2.20. The molecule has 2 heterocycles. The van der Waals surface area contributed by atoms with Gasteiger partial charge in [0, 0.05) is 37.7 Å². The van der Waals surface area contributed by atoms with E-state index >= 15 is 0 Å². The molecule has 0 N–H and O–H groups in total. The monoisotopic (exact) mass is 502 g/mol. The molecule has 0 unspecified atom stereocenters. The van der Waals surface area contributed by atoms with Crippen molar-refractivity contribution in [2.24, 2.45) is 7.05 Å². The SMILES string of the molecule is Cc1cc2c(sc3cc(-c4ccccc4)ccc32)c(-c2cc([Si](C)(C)C)c3ccccc3[n+]2C)c1C. The predicted molar refractivity (Wildman–Crippen MR) is 161 cm³/mol. The lowest BCUT2D eigenvalue weighted by atomic mass is 9.95. The van der Waals surface area contributed by atoms with E-state index in [1.165, 1.54) is 69.8 Å². The largest absolute Gasteiger partial charge is 0.214 e. The van der Waals surface area contributed by atoms with E-state index in [2.05, 4.69) is 130 Å². The number of nitrogens with zero attached hydrogens (tertiary/aromatic N) is 1. The maximum absolute atomic E-state index is 2.51. The second-order valence-electron chi connectivity index (χ2n) is 11.0. The van der Waals surface area contributed by atoms with Crippen LogP contribution in [0, 0.1) is 13.8 Å². The van der Waals surface area contributed by atoms with Crippen molar-refractivity contribution in [2.45, 2.75) is 33.5 Å². The molecule has 178 valence electrons. The van der Waals surface area contributed by atoms with E-state index in [1.54, 1.807) is 0 Å². The fraction of sp³-hybridized carbons (Fsp3) is 0.182. The molecule has 6 rings (SSSR count). The van der Waals surface area contributed by atoms with Gasteiger partial charge in [-0.3, -0.25) is 0 Å². The lowest BCUT2D eigenvalue weighted by molar-refractivity contribution is -0.633. The van der Waals surface area contributed by atoms with Gasteiger partial charge in [-0.1, -0.05) is 74.2 Å². The Morgan fingerprint density at radius 3 is 2.17 bits per heavy atom. The summed E-state index contributed by atoms with van der Waals surface area (Å²) in [4.78, 5) is 0. The van der Waals surface area contributed by atoms with Crippen LogP contribution < -0.4 is 9.75 Å². The first kappa shape index (κ1) is 23.1. The van der Waals surface area contributed by atoms with Crippen LogP contribution in [-0.2, 0) is 7.05 Å². The highest BCUT2D eigenvalue weighted by atomic mass is 32.1. The van der Waals surface area contributed by atoms with E-state index in [9.17, 15) is 0 Å². The molecule has 0 amide bonds. The molecule has 0 aliphatic heterocycles. The van der Waals surface area contributed by atoms with Gasteiger partial charge in [0.2, 0.25) is 11.2 Å². The Kier molecular flexibility index (Phi) is 5.40. The first-order valence-electron chi connectivity index (χ1n) is 12.7. The van der Waals surface area contributed by atoms with Crippen LogP contribution in [0.2, 0.25) is 19.6 Å². The fourth-order valence-corrected chi connectivity index (χ4v) is 8.47. The smallest absolute Gasteiger partial charge is 0.194 e. The summed E-state index contributed by atoms with van der Waals surface area (Å²) in [7, 11) is 0.666. The van der Waals surface area contributed by atoms with Crippen LogP contribution in [0.25, 0.3) is 53.5 Å². The van der Waals surface area contributed by atoms with Gasteiger partial charge < -0.3 is 0 Å². The molecule has 0 aliphatic carbocycles. The number of hydrogen-bond acceptors (Lipinski definition) is 1. The Labute approximate surface area is 218 Å². The van der Waals surface area contributed by atoms with Gasteiger partial charge in [-0.2, -0.15) is 4.57 Å². The summed E-state index contributed by atoms with van der Waals surface area (Å²) in [6, 6.07) is 31.5. The maximum atomic E-state index is 2.51. The van der Waals surface area contributed by atoms with Gasteiger partial charge in [-0.15, -0.1) is 11.3 Å². The molecule has 1 nitrogen and oxygen atoms in total. The molecule has 0 spiro atoms. The minimum Gasteiger partial charge on any atom is -0.194 e. The van der Waals surface area contributed by atoms with Gasteiger partial charge in [0.05, 0.1) is 13.6 Å². The molecule has 0 aliphatic rings. The van der Waals surface area contributed by atoms with Crippen LogP contribution in [0.5, 0.6) is 0 Å². The standard InChI is InChI=1S/C33H32NSSi/c1-21-18-27-25-17-16-24(23-12-8-7-9-13-23)19-30(25)35-33(27)32(22(21)2)29-20-31(36(4,5)6)26-14-10-11-15-28(26)34(29)3/h7-20H,1-6H3/q+1. The summed E-state index contributed by atoms with van der Waals surface area (Å²) >= 11 is 1.94. The molecule has 3 heteroatoms. The highest BCUT2D eigenvalue weighted by molar-refractivity contribution is 7.26. The Morgan fingerprint density at radius 1 is 0.694 bits per heavy atom. The van der Waals surface area contributed by atoms with Crippen molar-refractivity contribution >= 4 is 55.7 Å². The summed E-state index contributed by atoms with van der Waals surface area (Å²) < 4.78 is 5.16. The zero-order valence-corrected chi connectivity index (χ0v) is 23.8. The van der Waals surface area contributed by atoms with Crippen molar-refractivity contribution in [3.05, 3.63) is 96.1 Å². The number of fused-ring (bicyclic) bond motifs is 4. The fourth-order valence-electron chi connectivity index (χ4n) is 5.55. The zero-order chi connectivity index (χ0) is 25.2. The quantitative estimate of drug-likeness (QED) is 0.169. The topological polar surface area (TPSA) is 3.88 Å². The van der Waals surface area contributed by atoms with Crippen molar-refractivity contribution < 1.29 is 4.57 Å². The summed E-state index contributed by atoms with van der Waals surface area (Å²) in [6.45, 7) is 11.9. The number of benzene rings is 4. The molecule has 4 aromatic carbocycles. The van der Waals surface area contributed by atoms with Crippen molar-refractivity contribution in [1.82, 2.24) is 0 Å². The third-order valence-corrected chi connectivity index (χ3v) is 10.9. The van der Waals surface area contributed by atoms with Crippen LogP contribution in [0.1, 0.15) is 11.1 Å². The van der Waals surface area contributed by atoms with Gasteiger partial charge >= 0.3 is 0 Å². The number of para-hydroxylation sites is 1. The van der Waals surface area contributed by atoms with E-state index in [-0.39, 0.29) is 0 Å². The van der Waals surface area contributed by atoms with E-state index in [1.807, 2.05) is 11.3 Å². The molecule has 36 heavy (non-hydrogen) atoms. The minimum absolute atomic E-state index is 1.27. The highest BCUT2D eigenvalue weighted by Crippen LogP contribution is 2.43. The van der Waals surface area contributed by atoms with Gasteiger partial charge in [0.15, 0.2) is 0 Å². The second-order valence-corrected chi connectivity index (χ2v) is 17.1. The Bertz CT molecular complexity index is 1790. The molecule has 0 saturated heterocycles. The van der Waals surface area contributed by atoms with Crippen molar-refractivity contribution in [1.29, 1.82) is 0 Å². The third kappa shape index (κ3) is 3.61. The number of aromatic nitrogens is 1. The van der Waals surface area contributed by atoms with Gasteiger partial charge in [-0.25, -0.2) is 0 Å². The van der Waals surface area contributed by atoms with Crippen LogP contribution >= 0.6 is 11.3 Å². The summed E-state index contributed by atoms with van der Waals surface area (Å²) in [5.41, 5.74) is 9.31. The molecular weight excluding hydrogens is 471 g/mol. The van der Waals surface area contributed by atoms with Gasteiger partial charge in [-0.05, 0) is 59.5 Å². The predicted octanol–water partition coefficient (Wildman–Crippen LogP) is 8.53. The van der Waals surface area contributed by atoms with E-state index in [0.717, 1.165) is 0 Å². The molecule has 0 radical (unpaired) electrons. The van der Waals surface area contributed by atoms with Crippen LogP contribution in [-0.4, -0.2) is 8.07 Å². The molecule has 2 aromatic heterocycles. The van der Waals surface area contributed by atoms with Gasteiger partial charge in [0.25, 0.3) is 0 Å². The number of rotatable bonds is 3. The molecule has 0 bridgehead atoms. The number of aryl methyl sites for hydroxylation is 2. The molecule has 0 saturated carbocycles. The van der Waals surface area contributed by atoms with Crippen molar-refractivity contribution in [3.63, 3.8) is 0 Å². The number of pyridine rings is 1. The Balaban J connectivity index is 1.70. The van der Waals surface area contributed by atoms with Crippen molar-refractivity contribution in [2.75, 3.05) is 0 Å². The van der Waals surface area contributed by atoms with Gasteiger partial charge in [0.1, 0.15) is 7.05 Å². The second kappa shape index (κ2) is 8.40. The lowest BCUT2D eigenvalue weighted by Crippen LogP contribution is -2.43. The van der Waals surface area contributed by atoms with Crippen molar-refractivity contribution in [3.8, 4) is 22.4 Å². The summed E-state index contributed by atoms with van der Waals surface area (Å²) in [5.74, 6) is 0. The first-order valence-corrected chi connectivity index (χ1v) is 17.0. The van der Waals surface area contributed by atoms with Crippen LogP contribution in [0.3, 0.4) is 0 Å². The Morgan fingerprint density at radius 2 is 1.42 bits per heavy atom. The van der Waals surface area contributed by atoms with Crippen LogP contribution in [0.15, 0.2) is 84.9 Å². The summed E-state index contributed by atoms with van der Waals surface area (Å²) in [5, 5.41) is 5.66. The minimum atomic E-state index is -1.57. The van der Waals surface area contributed by atoms with E-state index in [4.69, 9.17) is 0 Å². The van der Waals surface area contributed by atoms with E-state index < -0.39 is 8.07 Å². The molecule has 0 atom stereocenters. The zero-order valence-electron chi connectivity index (χ0n) is 21.9. The molecule has 6 aromatic rings. The van der Waals surface area contributed by atoms with E-state index in [0.29, 0.717) is 0 Å². The van der Waals surface area contributed by atoms with Crippen LogP contribution in [0.4, 0.5) is 0 Å². The number of hydrogen-bond donors (Lipinski definition) is 0. The third-order valence-electron chi connectivity index (χ3n) is 7.65. The highest BCUT2D eigenvalue weighted by Gasteiger charge is 2.28. The average Bonchev–Trinajstić information content (AvgIpc) is 3.22. The normalized spacial score (nSPS) is 12.2. The number of thiophene rings is 1. The summed E-state index contributed by atoms with van der Waals surface area (Å²) in [6.07, 6.45) is 0.